The zero-order chi connectivity index (χ0) is 31.8. The van der Waals surface area contributed by atoms with Crippen LogP contribution in [0.2, 0.25) is 0 Å². The van der Waals surface area contributed by atoms with Crippen LogP contribution in [0.1, 0.15) is 28.3 Å². The van der Waals surface area contributed by atoms with E-state index in [9.17, 15) is 31.8 Å². The lowest BCUT2D eigenvalue weighted by Crippen LogP contribution is -2.31. The molecule has 0 radical (unpaired) electrons. The predicted molar refractivity (Wildman–Crippen MR) is 163 cm³/mol. The fourth-order valence-corrected chi connectivity index (χ4v) is 6.35. The van der Waals surface area contributed by atoms with Crippen molar-refractivity contribution in [3.63, 3.8) is 0 Å². The second-order valence-corrected chi connectivity index (χ2v) is 12.4. The van der Waals surface area contributed by atoms with Gasteiger partial charge in [0.1, 0.15) is 0 Å². The first kappa shape index (κ1) is 30.1. The predicted octanol–water partition coefficient (Wildman–Crippen LogP) is 6.47. The molecule has 0 spiro atoms. The molecule has 0 aliphatic carbocycles. The van der Waals surface area contributed by atoms with E-state index in [2.05, 4.69) is 20.0 Å². The Kier molecular flexibility index (Phi) is 7.94. The molecule has 0 amide bonds. The lowest BCUT2D eigenvalue weighted by molar-refractivity contribution is -0.137. The van der Waals surface area contributed by atoms with Gasteiger partial charge in [-0.3, -0.25) is 9.71 Å². The highest BCUT2D eigenvalue weighted by atomic mass is 32.2. The summed E-state index contributed by atoms with van der Waals surface area (Å²) in [6.45, 7) is 0.732. The van der Waals surface area contributed by atoms with Gasteiger partial charge in [-0.05, 0) is 84.6 Å². The van der Waals surface area contributed by atoms with E-state index in [1.165, 1.54) is 36.7 Å². The van der Waals surface area contributed by atoms with Gasteiger partial charge in [-0.1, -0.05) is 36.4 Å². The van der Waals surface area contributed by atoms with Crippen LogP contribution >= 0.6 is 0 Å². The first-order valence-corrected chi connectivity index (χ1v) is 15.4. The van der Waals surface area contributed by atoms with Crippen LogP contribution in [-0.4, -0.2) is 35.1 Å². The molecular formula is C33H27F3N4O4S. The number of benzene rings is 4. The molecular weight excluding hydrogens is 605 g/mol. The first-order chi connectivity index (χ1) is 21.5. The summed E-state index contributed by atoms with van der Waals surface area (Å²) >= 11 is 0. The van der Waals surface area contributed by atoms with Crippen LogP contribution < -0.4 is 10.0 Å². The van der Waals surface area contributed by atoms with Crippen molar-refractivity contribution in [2.45, 2.75) is 30.0 Å². The van der Waals surface area contributed by atoms with Crippen molar-refractivity contribution in [2.24, 2.45) is 0 Å². The van der Waals surface area contributed by atoms with Crippen molar-refractivity contribution in [1.29, 1.82) is 0 Å². The van der Waals surface area contributed by atoms with Crippen molar-refractivity contribution in [3.05, 3.63) is 120 Å². The van der Waals surface area contributed by atoms with Gasteiger partial charge in [0, 0.05) is 22.9 Å². The van der Waals surface area contributed by atoms with Crippen molar-refractivity contribution in [2.75, 3.05) is 11.3 Å². The minimum Gasteiger partial charge on any atom is -0.504 e. The summed E-state index contributed by atoms with van der Waals surface area (Å²) < 4.78 is 67.5. The number of phenols is 2. The molecule has 4 N–H and O–H groups in total. The maximum absolute atomic E-state index is 13.1. The third-order valence-corrected chi connectivity index (χ3v) is 9.04. The fraction of sp³-hybridized carbons (Fsp3) is 0.152. The second-order valence-electron chi connectivity index (χ2n) is 10.7. The summed E-state index contributed by atoms with van der Waals surface area (Å²) in [4.78, 5) is 8.69. The molecule has 8 nitrogen and oxygen atoms in total. The number of sulfonamides is 1. The fourth-order valence-electron chi connectivity index (χ4n) is 5.29. The van der Waals surface area contributed by atoms with Crippen LogP contribution in [0.25, 0.3) is 22.5 Å². The second kappa shape index (κ2) is 11.9. The van der Waals surface area contributed by atoms with Crippen LogP contribution in [0.15, 0.2) is 102 Å². The van der Waals surface area contributed by atoms with Gasteiger partial charge in [0.2, 0.25) is 0 Å². The third-order valence-electron chi connectivity index (χ3n) is 7.65. The van der Waals surface area contributed by atoms with Crippen LogP contribution in [0.3, 0.4) is 0 Å². The molecule has 1 unspecified atom stereocenters. The lowest BCUT2D eigenvalue weighted by Gasteiger charge is -2.27. The molecule has 0 bridgehead atoms. The number of anilines is 1. The van der Waals surface area contributed by atoms with Crippen molar-refractivity contribution in [1.82, 2.24) is 15.3 Å². The van der Waals surface area contributed by atoms with Gasteiger partial charge >= 0.3 is 6.18 Å². The molecule has 6 rings (SSSR count). The van der Waals surface area contributed by atoms with E-state index < -0.39 is 21.8 Å². The molecule has 1 aliphatic heterocycles. The lowest BCUT2D eigenvalue weighted by atomic mass is 9.90. The zero-order valence-corrected chi connectivity index (χ0v) is 24.4. The summed E-state index contributed by atoms with van der Waals surface area (Å²) in [5, 5.41) is 23.2. The van der Waals surface area contributed by atoms with E-state index in [1.54, 1.807) is 36.4 Å². The Bertz CT molecular complexity index is 1950. The number of halogens is 3. The summed E-state index contributed by atoms with van der Waals surface area (Å²) in [6.07, 6.45) is -0.157. The molecule has 45 heavy (non-hydrogen) atoms. The maximum Gasteiger partial charge on any atom is 0.416 e. The quantitative estimate of drug-likeness (QED) is 0.152. The number of phenolic OH excluding ortho intramolecular Hbond substituents is 2. The number of alkyl halides is 3. The highest BCUT2D eigenvalue weighted by Gasteiger charge is 2.30. The number of rotatable bonds is 7. The number of nitrogens with one attached hydrogen (secondary N) is 2. The summed E-state index contributed by atoms with van der Waals surface area (Å²) in [6, 6.07) is 20.8. The monoisotopic (exact) mass is 632 g/mol. The van der Waals surface area contributed by atoms with Gasteiger partial charge in [-0.25, -0.2) is 13.4 Å². The van der Waals surface area contributed by atoms with Gasteiger partial charge in [0.25, 0.3) is 10.0 Å². The van der Waals surface area contributed by atoms with Gasteiger partial charge in [-0.2, -0.15) is 13.2 Å². The Balaban J connectivity index is 1.13. The average molecular weight is 633 g/mol. The molecule has 0 saturated heterocycles. The van der Waals surface area contributed by atoms with E-state index in [-0.39, 0.29) is 22.4 Å². The molecule has 0 fully saturated rings. The Hall–Kier alpha value is -4.94. The smallest absolute Gasteiger partial charge is 0.416 e. The van der Waals surface area contributed by atoms with E-state index in [0.717, 1.165) is 41.8 Å². The van der Waals surface area contributed by atoms with Crippen LogP contribution in [0, 0.1) is 0 Å². The molecule has 1 aromatic heterocycles. The highest BCUT2D eigenvalue weighted by Crippen LogP contribution is 2.35. The topological polar surface area (TPSA) is 124 Å². The highest BCUT2D eigenvalue weighted by molar-refractivity contribution is 7.92. The number of fused-ring (bicyclic) bond motifs is 1. The van der Waals surface area contributed by atoms with Crippen molar-refractivity contribution in [3.8, 4) is 34.0 Å². The van der Waals surface area contributed by atoms with E-state index >= 15 is 0 Å². The normalized spacial score (nSPS) is 15.0. The first-order valence-electron chi connectivity index (χ1n) is 14.0. The largest absolute Gasteiger partial charge is 0.504 e. The molecule has 4 aromatic carbocycles. The summed E-state index contributed by atoms with van der Waals surface area (Å²) in [7, 11) is -3.91. The molecule has 0 saturated carbocycles. The van der Waals surface area contributed by atoms with Gasteiger partial charge in [-0.15, -0.1) is 0 Å². The van der Waals surface area contributed by atoms with E-state index in [0.29, 0.717) is 34.6 Å². The maximum atomic E-state index is 13.1. The Morgan fingerprint density at radius 2 is 1.44 bits per heavy atom. The van der Waals surface area contributed by atoms with Crippen molar-refractivity contribution >= 4 is 15.7 Å². The Morgan fingerprint density at radius 1 is 0.844 bits per heavy atom. The SMILES string of the molecule is O=S(=O)(Nc1ccc(CC2NCCc3cc(O)c(O)cc32)cc1)c1ccc(-c2cncc(-c3ccc(C(F)(F)F)cc3)n2)cc1. The Labute approximate surface area is 257 Å². The zero-order valence-electron chi connectivity index (χ0n) is 23.6. The minimum absolute atomic E-state index is 0.0354. The van der Waals surface area contributed by atoms with Crippen molar-refractivity contribution < 1.29 is 31.8 Å². The number of hydrogen-bond donors (Lipinski definition) is 4. The van der Waals surface area contributed by atoms with E-state index in [1.807, 2.05) is 12.1 Å². The molecule has 2 heterocycles. The Morgan fingerprint density at radius 3 is 2.07 bits per heavy atom. The molecule has 230 valence electrons. The van der Waals surface area contributed by atoms with Crippen LogP contribution in [-0.2, 0) is 29.0 Å². The molecule has 1 aliphatic rings. The van der Waals surface area contributed by atoms with Gasteiger partial charge in [0.15, 0.2) is 11.5 Å². The average Bonchev–Trinajstić information content (AvgIpc) is 3.02. The van der Waals surface area contributed by atoms with Crippen LogP contribution in [0.5, 0.6) is 11.5 Å². The van der Waals surface area contributed by atoms with Gasteiger partial charge < -0.3 is 15.5 Å². The third kappa shape index (κ3) is 6.61. The standard InChI is InChI=1S/C33H27F3N4O4S/c34-33(35,36)24-7-3-21(4-8-24)29-18-37-19-30(39-29)22-5-11-26(12-6-22)45(43,44)40-25-9-1-20(2-10-25)15-28-27-17-32(42)31(41)16-23(27)13-14-38-28/h1-12,16-19,28,38,40-42H,13-15H2. The van der Waals surface area contributed by atoms with Gasteiger partial charge in [0.05, 0.1) is 34.2 Å². The summed E-state index contributed by atoms with van der Waals surface area (Å²) in [5.74, 6) is -0.305. The van der Waals surface area contributed by atoms with E-state index in [4.69, 9.17) is 0 Å². The number of nitrogens with zero attached hydrogens (tertiary/aromatic N) is 2. The minimum atomic E-state index is -4.44. The molecule has 1 atom stereocenters. The molecule has 5 aromatic rings. The number of aromatic hydroxyl groups is 2. The van der Waals surface area contributed by atoms with Crippen LogP contribution in [0.4, 0.5) is 18.9 Å². The molecule has 12 heteroatoms. The number of aromatic nitrogens is 2. The summed E-state index contributed by atoms with van der Waals surface area (Å²) in [5.41, 5.74) is 4.34. The number of hydrogen-bond acceptors (Lipinski definition) is 7.